The van der Waals surface area contributed by atoms with Crippen LogP contribution in [0.3, 0.4) is 0 Å². The van der Waals surface area contributed by atoms with Crippen LogP contribution < -0.4 is 9.47 Å². The predicted octanol–water partition coefficient (Wildman–Crippen LogP) is 1.33. The molecule has 1 saturated carbocycles. The highest BCUT2D eigenvalue weighted by atomic mass is 32.2. The summed E-state index contributed by atoms with van der Waals surface area (Å²) in [7, 11) is -1.32. The standard InChI is InChI=1S/C14H19NO6S/c1-20-11-7-4-8-12(21-2)14(11)22(18,19)15(9-13(16)17)10-5-3-6-10/h4,7-8,10H,3,5-6,9H2,1-2H3,(H,16,17). The Balaban J connectivity index is 2.53. The summed E-state index contributed by atoms with van der Waals surface area (Å²) in [5, 5.41) is 9.05. The van der Waals surface area contributed by atoms with Crippen molar-refractivity contribution in [3.8, 4) is 11.5 Å². The van der Waals surface area contributed by atoms with E-state index in [0.29, 0.717) is 12.8 Å². The number of carboxylic acids is 1. The quantitative estimate of drug-likeness (QED) is 0.811. The van der Waals surface area contributed by atoms with Gasteiger partial charge in [-0.05, 0) is 25.0 Å². The van der Waals surface area contributed by atoms with Gasteiger partial charge in [0.2, 0.25) is 0 Å². The maximum absolute atomic E-state index is 13.0. The van der Waals surface area contributed by atoms with Crippen molar-refractivity contribution in [2.45, 2.75) is 30.2 Å². The third-order valence-electron chi connectivity index (χ3n) is 3.72. The van der Waals surface area contributed by atoms with Gasteiger partial charge in [0.1, 0.15) is 18.0 Å². The summed E-state index contributed by atoms with van der Waals surface area (Å²) in [6.07, 6.45) is 2.20. The second-order valence-corrected chi connectivity index (χ2v) is 6.85. The zero-order valence-corrected chi connectivity index (χ0v) is 13.3. The van der Waals surface area contributed by atoms with Crippen LogP contribution in [0.25, 0.3) is 0 Å². The first-order valence-electron chi connectivity index (χ1n) is 6.86. The Morgan fingerprint density at radius 3 is 2.18 bits per heavy atom. The van der Waals surface area contributed by atoms with Gasteiger partial charge in [0.05, 0.1) is 14.2 Å². The number of rotatable bonds is 7. The Bertz CT molecular complexity index is 631. The third-order valence-corrected chi connectivity index (χ3v) is 5.69. The van der Waals surface area contributed by atoms with Crippen LogP contribution in [0, 0.1) is 0 Å². The van der Waals surface area contributed by atoms with Crippen molar-refractivity contribution < 1.29 is 27.8 Å². The molecule has 0 saturated heterocycles. The molecule has 0 aliphatic heterocycles. The molecule has 1 aliphatic carbocycles. The van der Waals surface area contributed by atoms with Gasteiger partial charge in [0.15, 0.2) is 4.90 Å². The average Bonchev–Trinajstić information content (AvgIpc) is 2.43. The first-order chi connectivity index (χ1) is 10.4. The van der Waals surface area contributed by atoms with E-state index >= 15 is 0 Å². The lowest BCUT2D eigenvalue weighted by molar-refractivity contribution is -0.137. The van der Waals surface area contributed by atoms with Crippen molar-refractivity contribution in [1.82, 2.24) is 4.31 Å². The molecule has 0 heterocycles. The van der Waals surface area contributed by atoms with Crippen molar-refractivity contribution >= 4 is 16.0 Å². The van der Waals surface area contributed by atoms with Crippen LogP contribution in [0.2, 0.25) is 0 Å². The van der Waals surface area contributed by atoms with Crippen molar-refractivity contribution in [3.63, 3.8) is 0 Å². The first-order valence-corrected chi connectivity index (χ1v) is 8.30. The average molecular weight is 329 g/mol. The summed E-state index contributed by atoms with van der Waals surface area (Å²) in [4.78, 5) is 10.9. The summed E-state index contributed by atoms with van der Waals surface area (Å²) in [5.41, 5.74) is 0. The lowest BCUT2D eigenvalue weighted by Crippen LogP contribution is -2.46. The zero-order chi connectivity index (χ0) is 16.3. The molecule has 2 rings (SSSR count). The highest BCUT2D eigenvalue weighted by Crippen LogP contribution is 2.38. The molecule has 1 N–H and O–H groups in total. The van der Waals surface area contributed by atoms with Crippen LogP contribution in [0.15, 0.2) is 23.1 Å². The van der Waals surface area contributed by atoms with E-state index < -0.39 is 22.5 Å². The maximum atomic E-state index is 13.0. The van der Waals surface area contributed by atoms with Gasteiger partial charge in [-0.15, -0.1) is 0 Å². The van der Waals surface area contributed by atoms with Crippen LogP contribution >= 0.6 is 0 Å². The van der Waals surface area contributed by atoms with E-state index in [9.17, 15) is 13.2 Å². The summed E-state index contributed by atoms with van der Waals surface area (Å²) in [6.45, 7) is -0.575. The number of methoxy groups -OCH3 is 2. The molecule has 122 valence electrons. The monoisotopic (exact) mass is 329 g/mol. The Kier molecular flexibility index (Phi) is 4.92. The van der Waals surface area contributed by atoms with Crippen molar-refractivity contribution in [2.24, 2.45) is 0 Å². The minimum absolute atomic E-state index is 0.131. The van der Waals surface area contributed by atoms with Gasteiger partial charge in [-0.25, -0.2) is 8.42 Å². The molecule has 1 aromatic rings. The fraction of sp³-hybridized carbons (Fsp3) is 0.500. The Hall–Kier alpha value is -1.80. The molecule has 0 radical (unpaired) electrons. The van der Waals surface area contributed by atoms with Gasteiger partial charge >= 0.3 is 5.97 Å². The SMILES string of the molecule is COc1cccc(OC)c1S(=O)(=O)N(CC(=O)O)C1CCC1. The van der Waals surface area contributed by atoms with Crippen LogP contribution in [0.4, 0.5) is 0 Å². The van der Waals surface area contributed by atoms with Crippen molar-refractivity contribution in [1.29, 1.82) is 0 Å². The number of sulfonamides is 1. The van der Waals surface area contributed by atoms with E-state index in [0.717, 1.165) is 10.7 Å². The second-order valence-electron chi connectivity index (χ2n) is 5.02. The van der Waals surface area contributed by atoms with Crippen molar-refractivity contribution in [2.75, 3.05) is 20.8 Å². The van der Waals surface area contributed by atoms with Gasteiger partial charge < -0.3 is 14.6 Å². The number of hydrogen-bond donors (Lipinski definition) is 1. The number of carboxylic acid groups (broad SMARTS) is 1. The number of ether oxygens (including phenoxy) is 2. The zero-order valence-electron chi connectivity index (χ0n) is 12.5. The normalized spacial score (nSPS) is 15.4. The maximum Gasteiger partial charge on any atom is 0.318 e. The van der Waals surface area contributed by atoms with E-state index in [2.05, 4.69) is 0 Å². The smallest absolute Gasteiger partial charge is 0.318 e. The van der Waals surface area contributed by atoms with Crippen LogP contribution in [-0.4, -0.2) is 50.6 Å². The van der Waals surface area contributed by atoms with E-state index in [-0.39, 0.29) is 22.4 Å². The highest BCUT2D eigenvalue weighted by Gasteiger charge is 2.39. The molecule has 0 bridgehead atoms. The van der Waals surface area contributed by atoms with E-state index in [1.165, 1.54) is 26.4 Å². The first kappa shape index (κ1) is 16.6. The van der Waals surface area contributed by atoms with E-state index in [1.54, 1.807) is 6.07 Å². The van der Waals surface area contributed by atoms with Gasteiger partial charge in [0, 0.05) is 6.04 Å². The van der Waals surface area contributed by atoms with Crippen LogP contribution in [0.5, 0.6) is 11.5 Å². The van der Waals surface area contributed by atoms with Crippen LogP contribution in [0.1, 0.15) is 19.3 Å². The molecule has 0 amide bonds. The number of nitrogens with zero attached hydrogens (tertiary/aromatic N) is 1. The third kappa shape index (κ3) is 3.02. The minimum atomic E-state index is -4.04. The second kappa shape index (κ2) is 6.53. The molecule has 0 atom stereocenters. The summed E-state index contributed by atoms with van der Waals surface area (Å²) < 4.78 is 37.2. The number of carbonyl (C=O) groups is 1. The molecule has 7 nitrogen and oxygen atoms in total. The minimum Gasteiger partial charge on any atom is -0.495 e. The van der Waals surface area contributed by atoms with Gasteiger partial charge in [-0.2, -0.15) is 4.31 Å². The lowest BCUT2D eigenvalue weighted by atomic mass is 9.93. The predicted molar refractivity (Wildman–Crippen MR) is 78.7 cm³/mol. The molecule has 1 aliphatic rings. The fourth-order valence-electron chi connectivity index (χ4n) is 2.41. The van der Waals surface area contributed by atoms with Crippen LogP contribution in [-0.2, 0) is 14.8 Å². The van der Waals surface area contributed by atoms with Gasteiger partial charge in [-0.1, -0.05) is 12.5 Å². The van der Waals surface area contributed by atoms with E-state index in [4.69, 9.17) is 14.6 Å². The molecular weight excluding hydrogens is 310 g/mol. The molecule has 1 fully saturated rings. The molecule has 1 aromatic carbocycles. The largest absolute Gasteiger partial charge is 0.495 e. The number of benzene rings is 1. The molecular formula is C14H19NO6S. The van der Waals surface area contributed by atoms with Gasteiger partial charge in [0.25, 0.3) is 10.0 Å². The Morgan fingerprint density at radius 1 is 1.27 bits per heavy atom. The van der Waals surface area contributed by atoms with Crippen molar-refractivity contribution in [3.05, 3.63) is 18.2 Å². The molecule has 0 spiro atoms. The highest BCUT2D eigenvalue weighted by molar-refractivity contribution is 7.89. The molecule has 8 heteroatoms. The van der Waals surface area contributed by atoms with E-state index in [1.807, 2.05) is 0 Å². The molecule has 0 aromatic heterocycles. The lowest BCUT2D eigenvalue weighted by Gasteiger charge is -2.35. The summed E-state index contributed by atoms with van der Waals surface area (Å²) >= 11 is 0. The number of aliphatic carboxylic acids is 1. The Morgan fingerprint density at radius 2 is 1.82 bits per heavy atom. The topological polar surface area (TPSA) is 93.1 Å². The van der Waals surface area contributed by atoms with Gasteiger partial charge in [-0.3, -0.25) is 4.79 Å². The number of hydrogen-bond acceptors (Lipinski definition) is 5. The Labute approximate surface area is 129 Å². The molecule has 22 heavy (non-hydrogen) atoms. The summed E-state index contributed by atoms with van der Waals surface area (Å²) in [5.74, 6) is -0.924. The summed E-state index contributed by atoms with van der Waals surface area (Å²) in [6, 6.07) is 4.34. The molecule has 0 unspecified atom stereocenters. The fourth-order valence-corrected chi connectivity index (χ4v) is 4.34.